The minimum absolute atomic E-state index is 0.191. The van der Waals surface area contributed by atoms with E-state index in [1.165, 1.54) is 0 Å². The quantitative estimate of drug-likeness (QED) is 0.315. The normalized spacial score (nSPS) is 12.7. The van der Waals surface area contributed by atoms with Gasteiger partial charge in [-0.15, -0.1) is 0 Å². The van der Waals surface area contributed by atoms with E-state index in [4.69, 9.17) is 20.6 Å². The van der Waals surface area contributed by atoms with Crippen LogP contribution < -0.4 is 21.1 Å². The van der Waals surface area contributed by atoms with Crippen LogP contribution >= 0.6 is 0 Å². The van der Waals surface area contributed by atoms with Crippen LogP contribution in [0, 0.1) is 0 Å². The number of nitrogens with two attached hydrogens (primary N) is 1. The zero-order valence-corrected chi connectivity index (χ0v) is 22.3. The average molecular weight is 523 g/mol. The van der Waals surface area contributed by atoms with Gasteiger partial charge in [-0.2, -0.15) is 5.10 Å². The first-order valence-electron chi connectivity index (χ1n) is 12.5. The summed E-state index contributed by atoms with van der Waals surface area (Å²) in [6, 6.07) is 13.4. The summed E-state index contributed by atoms with van der Waals surface area (Å²) in [4.78, 5) is 25.6. The Balaban J connectivity index is 1.53. The number of aromatic nitrogens is 4. The molecule has 2 aromatic carbocycles. The molecule has 1 aliphatic rings. The van der Waals surface area contributed by atoms with Gasteiger partial charge in [-0.25, -0.2) is 9.97 Å². The highest BCUT2D eigenvalue weighted by Crippen LogP contribution is 2.40. The maximum atomic E-state index is 12.0. The molecule has 0 saturated heterocycles. The Bertz CT molecular complexity index is 1600. The predicted octanol–water partition coefficient (Wildman–Crippen LogP) is 3.75. The van der Waals surface area contributed by atoms with Crippen molar-refractivity contribution in [2.24, 2.45) is 17.8 Å². The molecule has 198 valence electrons. The first-order chi connectivity index (χ1) is 19.0. The Morgan fingerprint density at radius 3 is 2.62 bits per heavy atom. The van der Waals surface area contributed by atoms with Crippen molar-refractivity contribution in [3.8, 4) is 28.3 Å². The standard InChI is InChI=1S/C29H30N8O2/c1-31-15-21(14-30)17-5-7-18(8-6-17)27-25-23(36-37(27)3)12-10-20-16-33-29(35-26(20)25)34-22-11-9-19(28(38)32-2)13-24(22)39-4/h5-9,11,13-16H,10,12,30H2,1-4H3,(H,32,38)(H,33,34,35)/b21-14+,31-15?. The van der Waals surface area contributed by atoms with Crippen LogP contribution in [0.4, 0.5) is 11.6 Å². The monoisotopic (exact) mass is 522 g/mol. The van der Waals surface area contributed by atoms with Crippen LogP contribution in [0.25, 0.3) is 28.1 Å². The lowest BCUT2D eigenvalue weighted by Crippen LogP contribution is -2.17. The van der Waals surface area contributed by atoms with Crippen LogP contribution in [-0.2, 0) is 19.9 Å². The number of carbonyl (C=O) groups is 1. The minimum Gasteiger partial charge on any atom is -0.495 e. The maximum Gasteiger partial charge on any atom is 0.251 e. The Morgan fingerprint density at radius 1 is 1.15 bits per heavy atom. The number of amides is 1. The average Bonchev–Trinajstić information content (AvgIpc) is 3.32. The number of nitrogens with zero attached hydrogens (tertiary/aromatic N) is 5. The molecular weight excluding hydrogens is 492 g/mol. The highest BCUT2D eigenvalue weighted by atomic mass is 16.5. The number of anilines is 2. The molecule has 0 radical (unpaired) electrons. The topological polar surface area (TPSA) is 132 Å². The van der Waals surface area contributed by atoms with Gasteiger partial charge in [0, 0.05) is 62.0 Å². The summed E-state index contributed by atoms with van der Waals surface area (Å²) in [7, 11) is 6.82. The van der Waals surface area contributed by atoms with Crippen molar-refractivity contribution in [3.63, 3.8) is 0 Å². The SMILES string of the molecule is CN=C/C(=C\N)c1ccc(-c2c3c(nn2C)CCc2cnc(Nc4ccc(C(=O)NC)cc4OC)nc2-3)cc1. The second-order valence-corrected chi connectivity index (χ2v) is 9.07. The van der Waals surface area contributed by atoms with Crippen molar-refractivity contribution in [2.45, 2.75) is 12.8 Å². The van der Waals surface area contributed by atoms with Gasteiger partial charge in [0.2, 0.25) is 5.95 Å². The molecule has 0 aliphatic heterocycles. The number of carbonyl (C=O) groups excluding carboxylic acids is 1. The van der Waals surface area contributed by atoms with Gasteiger partial charge in [-0.1, -0.05) is 24.3 Å². The lowest BCUT2D eigenvalue weighted by atomic mass is 9.91. The van der Waals surface area contributed by atoms with Crippen molar-refractivity contribution in [3.05, 3.63) is 77.2 Å². The third-order valence-corrected chi connectivity index (χ3v) is 6.73. The number of hydrogen-bond acceptors (Lipinski definition) is 8. The van der Waals surface area contributed by atoms with E-state index >= 15 is 0 Å². The zero-order valence-electron chi connectivity index (χ0n) is 22.3. The molecule has 39 heavy (non-hydrogen) atoms. The summed E-state index contributed by atoms with van der Waals surface area (Å²) in [5.41, 5.74) is 14.7. The van der Waals surface area contributed by atoms with Gasteiger partial charge in [-0.3, -0.25) is 14.5 Å². The fraction of sp³-hybridized carbons (Fsp3) is 0.207. The lowest BCUT2D eigenvalue weighted by Gasteiger charge is -2.18. The van der Waals surface area contributed by atoms with Gasteiger partial charge in [-0.05, 0) is 42.2 Å². The van der Waals surface area contributed by atoms with Crippen LogP contribution in [0.2, 0.25) is 0 Å². The minimum atomic E-state index is -0.191. The number of aryl methyl sites for hydroxylation is 3. The number of allylic oxidation sites excluding steroid dienone is 1. The molecule has 0 unspecified atom stereocenters. The molecule has 4 aromatic rings. The van der Waals surface area contributed by atoms with Crippen LogP contribution in [0.15, 0.2) is 59.9 Å². The number of rotatable bonds is 7. The second-order valence-electron chi connectivity index (χ2n) is 9.07. The zero-order chi connectivity index (χ0) is 27.5. The van der Waals surface area contributed by atoms with E-state index in [9.17, 15) is 4.79 Å². The van der Waals surface area contributed by atoms with Crippen LogP contribution in [0.3, 0.4) is 0 Å². The van der Waals surface area contributed by atoms with Gasteiger partial charge >= 0.3 is 0 Å². The Kier molecular flexibility index (Phi) is 7.09. The Labute approximate surface area is 226 Å². The van der Waals surface area contributed by atoms with Gasteiger partial charge in [0.1, 0.15) is 5.75 Å². The summed E-state index contributed by atoms with van der Waals surface area (Å²) in [5, 5.41) is 10.7. The number of benzene rings is 2. The molecule has 0 saturated carbocycles. The summed E-state index contributed by atoms with van der Waals surface area (Å²) >= 11 is 0. The molecule has 4 N–H and O–H groups in total. The van der Waals surface area contributed by atoms with E-state index < -0.39 is 0 Å². The molecule has 5 rings (SSSR count). The molecule has 10 heteroatoms. The van der Waals surface area contributed by atoms with E-state index in [2.05, 4.69) is 32.7 Å². The van der Waals surface area contributed by atoms with Crippen molar-refractivity contribution in [1.29, 1.82) is 0 Å². The van der Waals surface area contributed by atoms with Crippen LogP contribution in [-0.4, -0.2) is 53.1 Å². The number of ether oxygens (including phenoxy) is 1. The Morgan fingerprint density at radius 2 is 1.92 bits per heavy atom. The molecule has 10 nitrogen and oxygen atoms in total. The molecule has 0 fully saturated rings. The van der Waals surface area contributed by atoms with Crippen molar-refractivity contribution in [1.82, 2.24) is 25.1 Å². The fourth-order valence-electron chi connectivity index (χ4n) is 4.83. The predicted molar refractivity (Wildman–Crippen MR) is 153 cm³/mol. The number of aliphatic imine (C=N–C) groups is 1. The Hall–Kier alpha value is -4.99. The molecule has 0 atom stereocenters. The third kappa shape index (κ3) is 4.84. The summed E-state index contributed by atoms with van der Waals surface area (Å²) in [5.74, 6) is 0.747. The largest absolute Gasteiger partial charge is 0.495 e. The van der Waals surface area contributed by atoms with Crippen LogP contribution in [0.5, 0.6) is 5.75 Å². The molecular formula is C29H30N8O2. The number of hydrogen-bond donors (Lipinski definition) is 3. The van der Waals surface area contributed by atoms with E-state index in [-0.39, 0.29) is 5.91 Å². The highest BCUT2D eigenvalue weighted by molar-refractivity contribution is 6.09. The number of nitrogens with one attached hydrogen (secondary N) is 2. The molecule has 2 aromatic heterocycles. The lowest BCUT2D eigenvalue weighted by molar-refractivity contribution is 0.0963. The summed E-state index contributed by atoms with van der Waals surface area (Å²) < 4.78 is 7.43. The number of fused-ring (bicyclic) bond motifs is 3. The van der Waals surface area contributed by atoms with E-state index in [0.717, 1.165) is 57.8 Å². The van der Waals surface area contributed by atoms with E-state index in [0.29, 0.717) is 22.9 Å². The van der Waals surface area contributed by atoms with Crippen molar-refractivity contribution < 1.29 is 9.53 Å². The van der Waals surface area contributed by atoms with Crippen molar-refractivity contribution >= 4 is 29.3 Å². The van der Waals surface area contributed by atoms with Gasteiger partial charge < -0.3 is 21.1 Å². The molecule has 2 heterocycles. The molecule has 1 aliphatic carbocycles. The first kappa shape index (κ1) is 25.7. The van der Waals surface area contributed by atoms with Crippen LogP contribution in [0.1, 0.15) is 27.2 Å². The first-order valence-corrected chi connectivity index (χ1v) is 12.5. The maximum absolute atomic E-state index is 12.0. The van der Waals surface area contributed by atoms with Gasteiger partial charge in [0.05, 0.1) is 29.9 Å². The summed E-state index contributed by atoms with van der Waals surface area (Å²) in [6.45, 7) is 0. The fourth-order valence-corrected chi connectivity index (χ4v) is 4.83. The second kappa shape index (κ2) is 10.8. The smallest absolute Gasteiger partial charge is 0.251 e. The molecule has 1 amide bonds. The highest BCUT2D eigenvalue weighted by Gasteiger charge is 2.27. The van der Waals surface area contributed by atoms with E-state index in [1.807, 2.05) is 30.1 Å². The van der Waals surface area contributed by atoms with Gasteiger partial charge in [0.25, 0.3) is 5.91 Å². The van der Waals surface area contributed by atoms with Gasteiger partial charge in [0.15, 0.2) is 0 Å². The number of methoxy groups -OCH3 is 1. The molecule has 0 bridgehead atoms. The summed E-state index contributed by atoms with van der Waals surface area (Å²) in [6.07, 6.45) is 6.77. The molecule has 0 spiro atoms. The third-order valence-electron chi connectivity index (χ3n) is 6.73. The van der Waals surface area contributed by atoms with Crippen molar-refractivity contribution in [2.75, 3.05) is 26.5 Å². The van der Waals surface area contributed by atoms with E-state index in [1.54, 1.807) is 51.8 Å².